The zero-order valence-corrected chi connectivity index (χ0v) is 20.6. The van der Waals surface area contributed by atoms with E-state index >= 15 is 0 Å². The molecule has 0 amide bonds. The fourth-order valence-corrected chi connectivity index (χ4v) is 6.27. The standard InChI is InChI=1S/C32H23N5/c1-32(2)29-23(13-9-18-33-29)28-22-12-5-8-16-26(22)37(30(28)32)27-17-19-34-31(35-27)36-24-14-6-3-10-20(24)21-11-4-7-15-25(21)36/h3-19H,1-2H3. The van der Waals surface area contributed by atoms with Gasteiger partial charge in [0.15, 0.2) is 0 Å². The lowest BCUT2D eigenvalue weighted by atomic mass is 9.89. The van der Waals surface area contributed by atoms with Gasteiger partial charge in [0.25, 0.3) is 0 Å². The highest BCUT2D eigenvalue weighted by Gasteiger charge is 2.42. The Labute approximate surface area is 213 Å². The van der Waals surface area contributed by atoms with Crippen molar-refractivity contribution in [1.82, 2.24) is 24.1 Å². The van der Waals surface area contributed by atoms with Crippen molar-refractivity contribution >= 4 is 32.7 Å². The van der Waals surface area contributed by atoms with Crippen LogP contribution < -0.4 is 0 Å². The van der Waals surface area contributed by atoms with Gasteiger partial charge in [0, 0.05) is 50.8 Å². The summed E-state index contributed by atoms with van der Waals surface area (Å²) in [7, 11) is 0. The molecule has 0 saturated carbocycles. The Bertz CT molecular complexity index is 1970. The zero-order valence-electron chi connectivity index (χ0n) is 20.6. The summed E-state index contributed by atoms with van der Waals surface area (Å²) in [5, 5.41) is 3.61. The average Bonchev–Trinajstić information content (AvgIpc) is 3.54. The molecule has 0 fully saturated rings. The predicted molar refractivity (Wildman–Crippen MR) is 149 cm³/mol. The summed E-state index contributed by atoms with van der Waals surface area (Å²) in [6.45, 7) is 4.52. The molecule has 0 radical (unpaired) electrons. The number of nitrogens with zero attached hydrogens (tertiary/aromatic N) is 5. The number of hydrogen-bond acceptors (Lipinski definition) is 3. The van der Waals surface area contributed by atoms with Crippen molar-refractivity contribution in [3.05, 3.63) is 115 Å². The zero-order chi connectivity index (χ0) is 24.7. The fraction of sp³-hybridized carbons (Fsp3) is 0.0938. The monoisotopic (exact) mass is 477 g/mol. The first-order valence-electron chi connectivity index (χ1n) is 12.6. The van der Waals surface area contributed by atoms with Crippen LogP contribution in [0.3, 0.4) is 0 Å². The predicted octanol–water partition coefficient (Wildman–Crippen LogP) is 7.22. The highest BCUT2D eigenvalue weighted by atomic mass is 15.2. The quantitative estimate of drug-likeness (QED) is 0.264. The summed E-state index contributed by atoms with van der Waals surface area (Å²) in [5.74, 6) is 1.51. The van der Waals surface area contributed by atoms with E-state index in [1.165, 1.54) is 33.0 Å². The Morgan fingerprint density at radius 1 is 0.595 bits per heavy atom. The lowest BCUT2D eigenvalue weighted by Gasteiger charge is -2.23. The highest BCUT2D eigenvalue weighted by molar-refractivity contribution is 6.09. The number of aromatic nitrogens is 5. The Hall–Kier alpha value is -4.77. The molecule has 7 aromatic rings. The molecule has 0 saturated heterocycles. The molecule has 5 heteroatoms. The largest absolute Gasteiger partial charge is 0.296 e. The van der Waals surface area contributed by atoms with Gasteiger partial charge in [-0.1, -0.05) is 60.7 Å². The summed E-state index contributed by atoms with van der Waals surface area (Å²) in [6, 6.07) is 31.7. The van der Waals surface area contributed by atoms with Crippen LogP contribution in [0.25, 0.3) is 55.6 Å². The van der Waals surface area contributed by atoms with Gasteiger partial charge >= 0.3 is 0 Å². The maximum atomic E-state index is 5.21. The summed E-state index contributed by atoms with van der Waals surface area (Å²) in [5.41, 5.74) is 7.84. The number of benzene rings is 3. The SMILES string of the molecule is CC1(C)c2ncccc2-c2c1n(-c1ccnc(-n3c4ccccc4c4ccccc43)n1)c1ccccc21. The molecule has 176 valence electrons. The van der Waals surface area contributed by atoms with Gasteiger partial charge in [0.1, 0.15) is 5.82 Å². The van der Waals surface area contributed by atoms with Crippen LogP contribution in [-0.2, 0) is 5.41 Å². The normalized spacial score (nSPS) is 13.9. The van der Waals surface area contributed by atoms with Crippen LogP contribution >= 0.6 is 0 Å². The molecular weight excluding hydrogens is 454 g/mol. The van der Waals surface area contributed by atoms with Gasteiger partial charge in [-0.25, -0.2) is 4.98 Å². The molecule has 0 atom stereocenters. The maximum Gasteiger partial charge on any atom is 0.236 e. The van der Waals surface area contributed by atoms with E-state index in [9.17, 15) is 0 Å². The molecule has 0 bridgehead atoms. The molecular formula is C32H23N5. The summed E-state index contributed by atoms with van der Waals surface area (Å²) >= 11 is 0. The highest BCUT2D eigenvalue weighted by Crippen LogP contribution is 2.52. The van der Waals surface area contributed by atoms with Gasteiger partial charge in [-0.05, 0) is 44.2 Å². The minimum absolute atomic E-state index is 0.275. The molecule has 4 heterocycles. The van der Waals surface area contributed by atoms with Crippen LogP contribution in [0.15, 0.2) is 103 Å². The molecule has 5 nitrogen and oxygen atoms in total. The number of rotatable bonds is 2. The van der Waals surface area contributed by atoms with Crippen LogP contribution in [0.4, 0.5) is 0 Å². The average molecular weight is 478 g/mol. The first-order chi connectivity index (χ1) is 18.1. The smallest absolute Gasteiger partial charge is 0.236 e. The van der Waals surface area contributed by atoms with Gasteiger partial charge < -0.3 is 0 Å². The van der Waals surface area contributed by atoms with Crippen molar-refractivity contribution in [2.24, 2.45) is 0 Å². The lowest BCUT2D eigenvalue weighted by molar-refractivity contribution is 0.601. The molecule has 1 aliphatic rings. The van der Waals surface area contributed by atoms with Crippen LogP contribution in [0.5, 0.6) is 0 Å². The number of hydrogen-bond donors (Lipinski definition) is 0. The molecule has 0 spiro atoms. The van der Waals surface area contributed by atoms with Crippen molar-refractivity contribution in [2.75, 3.05) is 0 Å². The van der Waals surface area contributed by atoms with Crippen LogP contribution in [0.2, 0.25) is 0 Å². The third-order valence-corrected chi connectivity index (χ3v) is 7.77. The molecule has 1 aliphatic carbocycles. The van der Waals surface area contributed by atoms with Crippen LogP contribution in [-0.4, -0.2) is 24.1 Å². The van der Waals surface area contributed by atoms with Crippen molar-refractivity contribution in [2.45, 2.75) is 19.3 Å². The van der Waals surface area contributed by atoms with E-state index in [1.54, 1.807) is 0 Å². The Morgan fingerprint density at radius 2 is 1.22 bits per heavy atom. The number of para-hydroxylation sites is 3. The van der Waals surface area contributed by atoms with Gasteiger partial charge in [0.05, 0.1) is 22.2 Å². The minimum Gasteiger partial charge on any atom is -0.296 e. The molecule has 4 aromatic heterocycles. The van der Waals surface area contributed by atoms with Crippen LogP contribution in [0.1, 0.15) is 25.2 Å². The van der Waals surface area contributed by atoms with Gasteiger partial charge in [-0.2, -0.15) is 4.98 Å². The van der Waals surface area contributed by atoms with E-state index in [0.29, 0.717) is 5.95 Å². The Kier molecular flexibility index (Phi) is 3.94. The third kappa shape index (κ3) is 2.60. The molecule has 0 unspecified atom stereocenters. The lowest BCUT2D eigenvalue weighted by Crippen LogP contribution is -2.21. The number of pyridine rings is 1. The van der Waals surface area contributed by atoms with E-state index in [1.807, 2.05) is 24.5 Å². The van der Waals surface area contributed by atoms with Crippen molar-refractivity contribution < 1.29 is 0 Å². The summed E-state index contributed by atoms with van der Waals surface area (Å²) < 4.78 is 4.48. The van der Waals surface area contributed by atoms with E-state index in [2.05, 4.69) is 102 Å². The summed E-state index contributed by atoms with van der Waals surface area (Å²) in [6.07, 6.45) is 3.76. The van der Waals surface area contributed by atoms with E-state index in [-0.39, 0.29) is 5.41 Å². The minimum atomic E-state index is -0.275. The third-order valence-electron chi connectivity index (χ3n) is 7.77. The van der Waals surface area contributed by atoms with Crippen molar-refractivity contribution in [3.8, 4) is 22.9 Å². The second-order valence-corrected chi connectivity index (χ2v) is 10.2. The molecule has 37 heavy (non-hydrogen) atoms. The van der Waals surface area contributed by atoms with E-state index in [4.69, 9.17) is 15.0 Å². The van der Waals surface area contributed by atoms with Gasteiger partial charge in [-0.3, -0.25) is 14.1 Å². The fourth-order valence-electron chi connectivity index (χ4n) is 6.27. The second-order valence-electron chi connectivity index (χ2n) is 10.2. The number of fused-ring (bicyclic) bond motifs is 8. The molecule has 0 N–H and O–H groups in total. The Morgan fingerprint density at radius 3 is 1.92 bits per heavy atom. The van der Waals surface area contributed by atoms with Crippen molar-refractivity contribution in [3.63, 3.8) is 0 Å². The van der Waals surface area contributed by atoms with E-state index in [0.717, 1.165) is 28.1 Å². The second kappa shape index (κ2) is 7.14. The first kappa shape index (κ1) is 20.4. The molecule has 0 aliphatic heterocycles. The first-order valence-corrected chi connectivity index (χ1v) is 12.6. The van der Waals surface area contributed by atoms with E-state index < -0.39 is 0 Å². The van der Waals surface area contributed by atoms with Gasteiger partial charge in [0.2, 0.25) is 5.95 Å². The molecule has 3 aromatic carbocycles. The topological polar surface area (TPSA) is 48.5 Å². The Balaban J connectivity index is 1.45. The van der Waals surface area contributed by atoms with Crippen LogP contribution in [0, 0.1) is 0 Å². The maximum absolute atomic E-state index is 5.21. The van der Waals surface area contributed by atoms with Gasteiger partial charge in [-0.15, -0.1) is 0 Å². The summed E-state index contributed by atoms with van der Waals surface area (Å²) in [4.78, 5) is 14.8. The van der Waals surface area contributed by atoms with Crippen molar-refractivity contribution in [1.29, 1.82) is 0 Å². The molecule has 8 rings (SSSR count).